The summed E-state index contributed by atoms with van der Waals surface area (Å²) >= 11 is 6.88. The first kappa shape index (κ1) is 16.5. The van der Waals surface area contributed by atoms with Crippen molar-refractivity contribution in [3.05, 3.63) is 27.1 Å². The van der Waals surface area contributed by atoms with Gasteiger partial charge in [-0.1, -0.05) is 29.8 Å². The number of hydrogen-bond acceptors (Lipinski definition) is 2. The van der Waals surface area contributed by atoms with Crippen LogP contribution in [-0.4, -0.2) is 18.0 Å². The Kier molecular flexibility index (Phi) is 6.86. The van der Waals surface area contributed by atoms with Crippen molar-refractivity contribution in [3.63, 3.8) is 0 Å². The lowest BCUT2D eigenvalue weighted by molar-refractivity contribution is -0.122. The molecule has 1 rings (SSSR count). The van der Waals surface area contributed by atoms with Gasteiger partial charge in [0, 0.05) is 20.7 Å². The van der Waals surface area contributed by atoms with Crippen molar-refractivity contribution < 1.29 is 4.79 Å². The van der Waals surface area contributed by atoms with Gasteiger partial charge >= 0.3 is 0 Å². The lowest BCUT2D eigenvalue weighted by atomic mass is 10.1. The Bertz CT molecular complexity index is 433. The van der Waals surface area contributed by atoms with Crippen molar-refractivity contribution in [2.24, 2.45) is 0 Å². The third-order valence-corrected chi connectivity index (χ3v) is 4.18. The summed E-state index contributed by atoms with van der Waals surface area (Å²) in [6, 6.07) is 5.82. The van der Waals surface area contributed by atoms with Crippen molar-refractivity contribution in [1.82, 2.24) is 5.32 Å². The fourth-order valence-corrected chi connectivity index (χ4v) is 2.89. The zero-order valence-corrected chi connectivity index (χ0v) is 14.6. The van der Waals surface area contributed by atoms with E-state index in [4.69, 9.17) is 0 Å². The molecule has 19 heavy (non-hydrogen) atoms. The highest BCUT2D eigenvalue weighted by Gasteiger charge is 2.16. The second-order valence-corrected chi connectivity index (χ2v) is 6.28. The summed E-state index contributed by atoms with van der Waals surface area (Å²) in [5.74, 6) is 0.0310. The molecule has 1 unspecified atom stereocenters. The Morgan fingerprint density at radius 3 is 2.42 bits per heavy atom. The van der Waals surface area contributed by atoms with E-state index in [2.05, 4.69) is 56.3 Å². The Morgan fingerprint density at radius 2 is 1.89 bits per heavy atom. The molecule has 0 aliphatic rings. The highest BCUT2D eigenvalue weighted by Crippen LogP contribution is 2.26. The first-order chi connectivity index (χ1) is 8.97. The van der Waals surface area contributed by atoms with E-state index in [1.54, 1.807) is 0 Å². The van der Waals surface area contributed by atoms with Gasteiger partial charge in [-0.25, -0.2) is 0 Å². The zero-order valence-electron chi connectivity index (χ0n) is 11.5. The van der Waals surface area contributed by atoms with Crippen LogP contribution >= 0.6 is 31.9 Å². The third kappa shape index (κ3) is 5.15. The van der Waals surface area contributed by atoms with Gasteiger partial charge in [0.2, 0.25) is 5.91 Å². The minimum atomic E-state index is -0.266. The Balaban J connectivity index is 2.63. The number of hydrogen-bond donors (Lipinski definition) is 2. The number of benzene rings is 1. The zero-order chi connectivity index (χ0) is 14.4. The van der Waals surface area contributed by atoms with Gasteiger partial charge in [0.25, 0.3) is 0 Å². The number of carbonyl (C=O) groups excluding carboxylic acids is 1. The monoisotopic (exact) mass is 390 g/mol. The minimum Gasteiger partial charge on any atom is -0.373 e. The average molecular weight is 392 g/mol. The molecule has 2 N–H and O–H groups in total. The molecule has 0 aliphatic heterocycles. The van der Waals surface area contributed by atoms with Crippen molar-refractivity contribution in [1.29, 1.82) is 0 Å². The Labute approximate surface area is 131 Å². The molecule has 1 aromatic carbocycles. The Hall–Kier alpha value is -0.550. The average Bonchev–Trinajstić information content (AvgIpc) is 2.38. The SMILES string of the molecule is CCC(CC)NC(=O)C(C)Nc1ccc(Br)cc1Br. The number of carbonyl (C=O) groups is 1. The predicted molar refractivity (Wildman–Crippen MR) is 87.4 cm³/mol. The second kappa shape index (κ2) is 7.90. The van der Waals surface area contributed by atoms with E-state index in [-0.39, 0.29) is 18.0 Å². The van der Waals surface area contributed by atoms with E-state index < -0.39 is 0 Å². The van der Waals surface area contributed by atoms with Gasteiger partial charge in [-0.2, -0.15) is 0 Å². The molecule has 0 radical (unpaired) electrons. The van der Waals surface area contributed by atoms with Gasteiger partial charge in [0.05, 0.1) is 0 Å². The van der Waals surface area contributed by atoms with E-state index in [1.807, 2.05) is 25.1 Å². The smallest absolute Gasteiger partial charge is 0.242 e. The quantitative estimate of drug-likeness (QED) is 0.758. The molecule has 0 aliphatic carbocycles. The van der Waals surface area contributed by atoms with Gasteiger partial charge < -0.3 is 10.6 Å². The van der Waals surface area contributed by atoms with Crippen LogP contribution in [0.3, 0.4) is 0 Å². The van der Waals surface area contributed by atoms with E-state index in [9.17, 15) is 4.79 Å². The van der Waals surface area contributed by atoms with Crippen LogP contribution in [0.2, 0.25) is 0 Å². The van der Waals surface area contributed by atoms with Crippen LogP contribution in [0.4, 0.5) is 5.69 Å². The summed E-state index contributed by atoms with van der Waals surface area (Å²) in [5, 5.41) is 6.25. The number of amides is 1. The fraction of sp³-hybridized carbons (Fsp3) is 0.500. The van der Waals surface area contributed by atoms with Crippen LogP contribution in [0.25, 0.3) is 0 Å². The molecular weight excluding hydrogens is 372 g/mol. The topological polar surface area (TPSA) is 41.1 Å². The summed E-state index contributed by atoms with van der Waals surface area (Å²) in [6.45, 7) is 6.03. The molecule has 5 heteroatoms. The van der Waals surface area contributed by atoms with Crippen molar-refractivity contribution >= 4 is 43.5 Å². The standard InChI is InChI=1S/C14H20Br2N2O/c1-4-11(5-2)18-14(19)9(3)17-13-7-6-10(15)8-12(13)16/h6-9,11,17H,4-5H2,1-3H3,(H,18,19). The van der Waals surface area contributed by atoms with Crippen LogP contribution in [0.1, 0.15) is 33.6 Å². The second-order valence-electron chi connectivity index (χ2n) is 4.51. The molecule has 3 nitrogen and oxygen atoms in total. The molecule has 0 bridgehead atoms. The maximum atomic E-state index is 12.1. The first-order valence-electron chi connectivity index (χ1n) is 6.49. The largest absolute Gasteiger partial charge is 0.373 e. The van der Waals surface area contributed by atoms with Gasteiger partial charge in [0.1, 0.15) is 6.04 Å². The van der Waals surface area contributed by atoms with Gasteiger partial charge in [-0.15, -0.1) is 0 Å². The number of nitrogens with one attached hydrogen (secondary N) is 2. The van der Waals surface area contributed by atoms with Crippen LogP contribution < -0.4 is 10.6 Å². The maximum Gasteiger partial charge on any atom is 0.242 e. The minimum absolute atomic E-state index is 0.0310. The number of anilines is 1. The number of halogens is 2. The van der Waals surface area contributed by atoms with Crippen molar-refractivity contribution in [2.45, 2.75) is 45.7 Å². The molecule has 106 valence electrons. The summed E-state index contributed by atoms with van der Waals surface area (Å²) in [4.78, 5) is 12.1. The molecule has 0 heterocycles. The predicted octanol–water partition coefficient (Wildman–Crippen LogP) is 4.32. The van der Waals surface area contributed by atoms with Gasteiger partial charge in [-0.05, 0) is 53.9 Å². The van der Waals surface area contributed by atoms with E-state index >= 15 is 0 Å². The molecule has 1 amide bonds. The van der Waals surface area contributed by atoms with Crippen LogP contribution in [0.5, 0.6) is 0 Å². The summed E-state index contributed by atoms with van der Waals surface area (Å²) in [5.41, 5.74) is 0.912. The molecule has 0 spiro atoms. The normalized spacial score (nSPS) is 12.3. The van der Waals surface area contributed by atoms with Gasteiger partial charge in [-0.3, -0.25) is 4.79 Å². The number of rotatable bonds is 6. The van der Waals surface area contributed by atoms with E-state index in [1.165, 1.54) is 0 Å². The molecule has 1 atom stereocenters. The summed E-state index contributed by atoms with van der Waals surface area (Å²) in [7, 11) is 0. The van der Waals surface area contributed by atoms with E-state index in [0.29, 0.717) is 0 Å². The molecule has 1 aromatic rings. The molecule has 0 saturated heterocycles. The lowest BCUT2D eigenvalue weighted by Gasteiger charge is -2.20. The first-order valence-corrected chi connectivity index (χ1v) is 8.08. The Morgan fingerprint density at radius 1 is 1.26 bits per heavy atom. The van der Waals surface area contributed by atoms with Crippen LogP contribution in [-0.2, 0) is 4.79 Å². The van der Waals surface area contributed by atoms with Crippen LogP contribution in [0, 0.1) is 0 Å². The fourth-order valence-electron chi connectivity index (χ4n) is 1.72. The molecule has 0 aromatic heterocycles. The van der Waals surface area contributed by atoms with Crippen LogP contribution in [0.15, 0.2) is 27.1 Å². The van der Waals surface area contributed by atoms with Crippen molar-refractivity contribution in [3.8, 4) is 0 Å². The van der Waals surface area contributed by atoms with Crippen molar-refractivity contribution in [2.75, 3.05) is 5.32 Å². The highest BCUT2D eigenvalue weighted by atomic mass is 79.9. The summed E-state index contributed by atoms with van der Waals surface area (Å²) < 4.78 is 1.93. The molecule has 0 fully saturated rings. The van der Waals surface area contributed by atoms with E-state index in [0.717, 1.165) is 27.5 Å². The van der Waals surface area contributed by atoms with Gasteiger partial charge in [0.15, 0.2) is 0 Å². The lowest BCUT2D eigenvalue weighted by Crippen LogP contribution is -2.42. The molecular formula is C14H20Br2N2O. The summed E-state index contributed by atoms with van der Waals surface area (Å²) in [6.07, 6.45) is 1.91. The third-order valence-electron chi connectivity index (χ3n) is 3.03. The maximum absolute atomic E-state index is 12.1. The molecule has 0 saturated carbocycles. The highest BCUT2D eigenvalue weighted by molar-refractivity contribution is 9.11.